The molecule has 3 rings (SSSR count). The first-order valence-corrected chi connectivity index (χ1v) is 7.36. The second kappa shape index (κ2) is 5.49. The van der Waals surface area contributed by atoms with Crippen LogP contribution in [0.5, 0.6) is 5.75 Å². The lowest BCUT2D eigenvalue weighted by Gasteiger charge is -2.15. The Morgan fingerprint density at radius 1 is 1.32 bits per heavy atom. The molecule has 1 aliphatic heterocycles. The zero-order valence-electron chi connectivity index (χ0n) is 11.5. The van der Waals surface area contributed by atoms with E-state index in [1.807, 2.05) is 0 Å². The third kappa shape index (κ3) is 3.08. The van der Waals surface area contributed by atoms with Crippen molar-refractivity contribution in [2.75, 3.05) is 13.1 Å². The Morgan fingerprint density at radius 3 is 3.00 bits per heavy atom. The van der Waals surface area contributed by atoms with Crippen molar-refractivity contribution in [3.05, 3.63) is 29.6 Å². The third-order valence-corrected chi connectivity index (χ3v) is 4.37. The fraction of sp³-hybridized carbons (Fsp3) is 0.625. The molecule has 19 heavy (non-hydrogen) atoms. The third-order valence-electron chi connectivity index (χ3n) is 4.37. The lowest BCUT2D eigenvalue weighted by molar-refractivity contribution is 0.224. The average Bonchev–Trinajstić information content (AvgIpc) is 2.95. The van der Waals surface area contributed by atoms with Gasteiger partial charge in [0, 0.05) is 18.5 Å². The highest BCUT2D eigenvalue weighted by Gasteiger charge is 2.24. The monoisotopic (exact) mass is 263 g/mol. The lowest BCUT2D eigenvalue weighted by atomic mass is 10.1. The largest absolute Gasteiger partial charge is 0.488 e. The summed E-state index contributed by atoms with van der Waals surface area (Å²) in [5, 5.41) is 3.52. The van der Waals surface area contributed by atoms with Gasteiger partial charge in [-0.3, -0.25) is 0 Å². The number of fused-ring (bicyclic) bond motifs is 1. The van der Waals surface area contributed by atoms with Crippen molar-refractivity contribution in [2.24, 2.45) is 11.8 Å². The van der Waals surface area contributed by atoms with Crippen LogP contribution in [0.3, 0.4) is 0 Å². The standard InChI is InChI=1S/C16H22FNO/c1-11-2-3-12(6-11)9-18-10-15-8-13-7-14(17)4-5-16(13)19-15/h4-5,7,11-12,15,18H,2-3,6,8-10H2,1H3. The second-order valence-electron chi connectivity index (χ2n) is 6.14. The predicted molar refractivity (Wildman–Crippen MR) is 73.9 cm³/mol. The van der Waals surface area contributed by atoms with Crippen LogP contribution in [0.4, 0.5) is 4.39 Å². The van der Waals surface area contributed by atoms with Crippen LogP contribution >= 0.6 is 0 Å². The molecule has 1 saturated carbocycles. The van der Waals surface area contributed by atoms with Crippen LogP contribution in [0.15, 0.2) is 18.2 Å². The highest BCUT2D eigenvalue weighted by Crippen LogP contribution is 2.30. The van der Waals surface area contributed by atoms with E-state index in [-0.39, 0.29) is 11.9 Å². The minimum absolute atomic E-state index is 0.163. The Labute approximate surface area is 114 Å². The molecular weight excluding hydrogens is 241 g/mol. The van der Waals surface area contributed by atoms with Crippen molar-refractivity contribution in [3.63, 3.8) is 0 Å². The van der Waals surface area contributed by atoms with E-state index in [0.29, 0.717) is 0 Å². The van der Waals surface area contributed by atoms with Gasteiger partial charge in [-0.05, 0) is 49.4 Å². The summed E-state index contributed by atoms with van der Waals surface area (Å²) < 4.78 is 18.9. The van der Waals surface area contributed by atoms with Gasteiger partial charge in [-0.1, -0.05) is 13.3 Å². The molecule has 2 nitrogen and oxygen atoms in total. The quantitative estimate of drug-likeness (QED) is 0.901. The van der Waals surface area contributed by atoms with Crippen molar-refractivity contribution in [2.45, 2.75) is 38.7 Å². The molecule has 0 saturated heterocycles. The number of nitrogens with one attached hydrogen (secondary N) is 1. The van der Waals surface area contributed by atoms with E-state index >= 15 is 0 Å². The minimum atomic E-state index is -0.170. The maximum Gasteiger partial charge on any atom is 0.123 e. The van der Waals surface area contributed by atoms with Gasteiger partial charge in [0.25, 0.3) is 0 Å². The van der Waals surface area contributed by atoms with Crippen LogP contribution in [-0.4, -0.2) is 19.2 Å². The van der Waals surface area contributed by atoms with Gasteiger partial charge in [-0.25, -0.2) is 4.39 Å². The fourth-order valence-corrected chi connectivity index (χ4v) is 3.36. The van der Waals surface area contributed by atoms with E-state index in [9.17, 15) is 4.39 Å². The lowest BCUT2D eigenvalue weighted by Crippen LogP contribution is -2.32. The summed E-state index contributed by atoms with van der Waals surface area (Å²) in [4.78, 5) is 0. The predicted octanol–water partition coefficient (Wildman–Crippen LogP) is 3.16. The number of ether oxygens (including phenoxy) is 1. The number of benzene rings is 1. The first-order valence-electron chi connectivity index (χ1n) is 7.36. The molecule has 0 bridgehead atoms. The average molecular weight is 263 g/mol. The Kier molecular flexibility index (Phi) is 3.74. The summed E-state index contributed by atoms with van der Waals surface area (Å²) in [6.45, 7) is 4.29. The molecule has 1 N–H and O–H groups in total. The van der Waals surface area contributed by atoms with E-state index in [0.717, 1.165) is 42.7 Å². The normalized spacial score (nSPS) is 29.3. The minimum Gasteiger partial charge on any atom is -0.488 e. The molecule has 1 aromatic carbocycles. The van der Waals surface area contributed by atoms with Gasteiger partial charge in [-0.2, -0.15) is 0 Å². The molecule has 0 aromatic heterocycles. The van der Waals surface area contributed by atoms with Gasteiger partial charge in [0.05, 0.1) is 0 Å². The van der Waals surface area contributed by atoms with Gasteiger partial charge in [0.1, 0.15) is 17.7 Å². The molecule has 1 aromatic rings. The van der Waals surface area contributed by atoms with Crippen molar-refractivity contribution < 1.29 is 9.13 Å². The number of hydrogen-bond donors (Lipinski definition) is 1. The molecule has 1 aliphatic carbocycles. The van der Waals surface area contributed by atoms with E-state index < -0.39 is 0 Å². The number of halogens is 1. The van der Waals surface area contributed by atoms with E-state index in [2.05, 4.69) is 12.2 Å². The maximum absolute atomic E-state index is 13.1. The van der Waals surface area contributed by atoms with Gasteiger partial charge in [0.15, 0.2) is 0 Å². The topological polar surface area (TPSA) is 21.3 Å². The molecule has 3 heteroatoms. The summed E-state index contributed by atoms with van der Waals surface area (Å²) in [7, 11) is 0. The molecule has 0 radical (unpaired) electrons. The molecule has 1 fully saturated rings. The molecule has 3 unspecified atom stereocenters. The molecule has 0 spiro atoms. The second-order valence-corrected chi connectivity index (χ2v) is 6.14. The van der Waals surface area contributed by atoms with Crippen LogP contribution in [-0.2, 0) is 6.42 Å². The molecule has 1 heterocycles. The number of rotatable bonds is 4. The molecule has 104 valence electrons. The Bertz CT molecular complexity index is 448. The van der Waals surface area contributed by atoms with Gasteiger partial charge in [-0.15, -0.1) is 0 Å². The smallest absolute Gasteiger partial charge is 0.123 e. The van der Waals surface area contributed by atoms with Crippen LogP contribution in [0, 0.1) is 17.7 Å². The van der Waals surface area contributed by atoms with Gasteiger partial charge >= 0.3 is 0 Å². The van der Waals surface area contributed by atoms with Crippen molar-refractivity contribution in [1.82, 2.24) is 5.32 Å². The van der Waals surface area contributed by atoms with Crippen LogP contribution in [0.25, 0.3) is 0 Å². The molecule has 3 atom stereocenters. The molecule has 2 aliphatic rings. The zero-order chi connectivity index (χ0) is 13.2. The summed E-state index contributed by atoms with van der Waals surface area (Å²) >= 11 is 0. The van der Waals surface area contributed by atoms with Crippen molar-refractivity contribution in [3.8, 4) is 5.75 Å². The highest BCUT2D eigenvalue weighted by atomic mass is 19.1. The highest BCUT2D eigenvalue weighted by molar-refractivity contribution is 5.37. The number of hydrogen-bond acceptors (Lipinski definition) is 2. The van der Waals surface area contributed by atoms with E-state index in [1.165, 1.54) is 25.3 Å². The van der Waals surface area contributed by atoms with Crippen LogP contribution in [0.2, 0.25) is 0 Å². The summed E-state index contributed by atoms with van der Waals surface area (Å²) in [6, 6.07) is 4.80. The van der Waals surface area contributed by atoms with Crippen LogP contribution < -0.4 is 10.1 Å². The SMILES string of the molecule is CC1CCC(CNCC2Cc3cc(F)ccc3O2)C1. The fourth-order valence-electron chi connectivity index (χ4n) is 3.36. The van der Waals surface area contributed by atoms with Crippen molar-refractivity contribution in [1.29, 1.82) is 0 Å². The van der Waals surface area contributed by atoms with Gasteiger partial charge in [0.2, 0.25) is 0 Å². The summed E-state index contributed by atoms with van der Waals surface area (Å²) in [5.74, 6) is 2.40. The summed E-state index contributed by atoms with van der Waals surface area (Å²) in [6.07, 6.45) is 5.06. The first kappa shape index (κ1) is 12.9. The van der Waals surface area contributed by atoms with Crippen LogP contribution in [0.1, 0.15) is 31.7 Å². The Morgan fingerprint density at radius 2 is 2.21 bits per heavy atom. The Balaban J connectivity index is 1.43. The Hall–Kier alpha value is -1.09. The zero-order valence-corrected chi connectivity index (χ0v) is 11.5. The van der Waals surface area contributed by atoms with Gasteiger partial charge < -0.3 is 10.1 Å². The first-order chi connectivity index (χ1) is 9.20. The maximum atomic E-state index is 13.1. The van der Waals surface area contributed by atoms with E-state index in [4.69, 9.17) is 4.74 Å². The van der Waals surface area contributed by atoms with E-state index in [1.54, 1.807) is 12.1 Å². The molecule has 0 amide bonds. The molecular formula is C16H22FNO. The summed E-state index contributed by atoms with van der Waals surface area (Å²) in [5.41, 5.74) is 1.00. The van der Waals surface area contributed by atoms with Crippen molar-refractivity contribution >= 4 is 0 Å².